The van der Waals surface area contributed by atoms with E-state index in [1.54, 1.807) is 22.2 Å². The molecule has 15 heteroatoms. The summed E-state index contributed by atoms with van der Waals surface area (Å²) in [6.07, 6.45) is -1.33. The highest BCUT2D eigenvalue weighted by atomic mass is 16.6. The summed E-state index contributed by atoms with van der Waals surface area (Å²) < 4.78 is 19.1. The van der Waals surface area contributed by atoms with Crippen molar-refractivity contribution >= 4 is 40.9 Å². The van der Waals surface area contributed by atoms with Gasteiger partial charge in [0.25, 0.3) is 5.91 Å². The lowest BCUT2D eigenvalue weighted by atomic mass is 10.0. The molecule has 1 aliphatic rings. The standard InChI is InChI=1S/C26H33N7O8/c1-4-33-18(10-14(2)31-33)23(35)30-25-29-17-11-16(22(27)34)12-19(39-3)20(17)32(25)8-5-7-28-26(38)41-21(24(36)37)15-6-9-40-13-15/h10-12,15,21H,4-9,13H2,1-3H3,(H2,27,34)(H,28,38)(H,36,37)(H,29,30,35). The number of anilines is 1. The molecule has 0 spiro atoms. The Hall–Kier alpha value is -4.66. The second-order valence-corrected chi connectivity index (χ2v) is 9.51. The monoisotopic (exact) mass is 571 g/mol. The number of carbonyl (C=O) groups excluding carboxylic acids is 3. The highest BCUT2D eigenvalue weighted by Gasteiger charge is 2.34. The van der Waals surface area contributed by atoms with Crippen molar-refractivity contribution in [3.05, 3.63) is 35.2 Å². The Bertz CT molecular complexity index is 1460. The van der Waals surface area contributed by atoms with E-state index >= 15 is 0 Å². The van der Waals surface area contributed by atoms with Gasteiger partial charge in [-0.2, -0.15) is 5.10 Å². The molecule has 220 valence electrons. The van der Waals surface area contributed by atoms with Gasteiger partial charge in [-0.15, -0.1) is 0 Å². The summed E-state index contributed by atoms with van der Waals surface area (Å²) >= 11 is 0. The number of primary amides is 1. The van der Waals surface area contributed by atoms with Gasteiger partial charge in [0.1, 0.15) is 17.0 Å². The van der Waals surface area contributed by atoms with Gasteiger partial charge >= 0.3 is 12.1 Å². The van der Waals surface area contributed by atoms with E-state index in [-0.39, 0.29) is 31.2 Å². The highest BCUT2D eigenvalue weighted by molar-refractivity contribution is 6.04. The molecule has 15 nitrogen and oxygen atoms in total. The Morgan fingerprint density at radius 2 is 2.05 bits per heavy atom. The number of aliphatic carboxylic acids is 1. The lowest BCUT2D eigenvalue weighted by Crippen LogP contribution is -2.39. The summed E-state index contributed by atoms with van der Waals surface area (Å²) in [5, 5.41) is 19.1. The number of nitrogens with two attached hydrogens (primary N) is 1. The van der Waals surface area contributed by atoms with Gasteiger partial charge in [-0.1, -0.05) is 0 Å². The third kappa shape index (κ3) is 6.57. The number of imidazole rings is 1. The largest absolute Gasteiger partial charge is 0.494 e. The molecule has 3 amide bonds. The fourth-order valence-electron chi connectivity index (χ4n) is 4.70. The number of ether oxygens (including phenoxy) is 3. The van der Waals surface area contributed by atoms with Crippen LogP contribution in [0.15, 0.2) is 18.2 Å². The van der Waals surface area contributed by atoms with Crippen LogP contribution in [0.1, 0.15) is 46.3 Å². The van der Waals surface area contributed by atoms with Gasteiger partial charge in [0.15, 0.2) is 0 Å². The zero-order valence-electron chi connectivity index (χ0n) is 23.0. The zero-order valence-corrected chi connectivity index (χ0v) is 23.0. The van der Waals surface area contributed by atoms with Crippen LogP contribution in [0.3, 0.4) is 0 Å². The number of amides is 3. The van der Waals surface area contributed by atoms with E-state index in [1.165, 1.54) is 19.2 Å². The number of nitrogens with one attached hydrogen (secondary N) is 2. The minimum absolute atomic E-state index is 0.128. The van der Waals surface area contributed by atoms with Crippen LogP contribution in [0.2, 0.25) is 0 Å². The normalized spacial score (nSPS) is 15.4. The SMILES string of the molecule is CCn1nc(C)cc1C(=O)Nc1nc2cc(C(N)=O)cc(OC)c2n1CCCNC(=O)OC(C(=O)O)C1CCOC1. The van der Waals surface area contributed by atoms with Crippen LogP contribution in [-0.4, -0.2) is 81.3 Å². The Morgan fingerprint density at radius 3 is 2.68 bits per heavy atom. The molecule has 1 aliphatic heterocycles. The van der Waals surface area contributed by atoms with Gasteiger partial charge in [0.05, 0.1) is 24.9 Å². The lowest BCUT2D eigenvalue weighted by Gasteiger charge is -2.19. The van der Waals surface area contributed by atoms with Crippen molar-refractivity contribution in [3.8, 4) is 5.75 Å². The number of rotatable bonds is 12. The molecule has 41 heavy (non-hydrogen) atoms. The quantitative estimate of drug-likeness (QED) is 0.231. The number of alkyl carbamates (subject to hydrolysis) is 1. The molecule has 2 unspecified atom stereocenters. The number of aromatic nitrogens is 4. The van der Waals surface area contributed by atoms with Crippen molar-refractivity contribution in [2.45, 2.75) is 45.9 Å². The third-order valence-electron chi connectivity index (χ3n) is 6.67. The van der Waals surface area contributed by atoms with E-state index in [4.69, 9.17) is 19.9 Å². The minimum Gasteiger partial charge on any atom is -0.494 e. The maximum absolute atomic E-state index is 13.2. The number of carbonyl (C=O) groups is 4. The summed E-state index contributed by atoms with van der Waals surface area (Å²) in [7, 11) is 1.43. The number of fused-ring (bicyclic) bond motifs is 1. The van der Waals surface area contributed by atoms with Gasteiger partial charge in [0, 0.05) is 37.7 Å². The van der Waals surface area contributed by atoms with Crippen molar-refractivity contribution in [1.29, 1.82) is 0 Å². The molecular weight excluding hydrogens is 538 g/mol. The van der Waals surface area contributed by atoms with Crippen LogP contribution in [0.25, 0.3) is 11.0 Å². The summed E-state index contributed by atoms with van der Waals surface area (Å²) in [4.78, 5) is 53.5. The topological polar surface area (TPSA) is 202 Å². The first-order chi connectivity index (χ1) is 19.6. The fraction of sp³-hybridized carbons (Fsp3) is 0.462. The zero-order chi connectivity index (χ0) is 29.7. The van der Waals surface area contributed by atoms with Crippen LogP contribution < -0.4 is 21.1 Å². The Labute approximate surface area is 234 Å². The Balaban J connectivity index is 1.53. The van der Waals surface area contributed by atoms with E-state index in [1.807, 2.05) is 6.92 Å². The minimum atomic E-state index is -1.30. The van der Waals surface area contributed by atoms with Gasteiger partial charge in [-0.05, 0) is 44.9 Å². The van der Waals surface area contributed by atoms with E-state index in [2.05, 4.69) is 20.7 Å². The number of hydrogen-bond donors (Lipinski definition) is 4. The third-order valence-corrected chi connectivity index (χ3v) is 6.67. The molecule has 3 aromatic rings. The number of carboxylic acids is 1. The van der Waals surface area contributed by atoms with E-state index in [0.717, 1.165) is 0 Å². The van der Waals surface area contributed by atoms with Crippen LogP contribution in [0, 0.1) is 12.8 Å². The molecule has 2 aromatic heterocycles. The van der Waals surface area contributed by atoms with E-state index in [0.29, 0.717) is 54.2 Å². The molecule has 0 saturated carbocycles. The van der Waals surface area contributed by atoms with E-state index < -0.39 is 35.9 Å². The molecule has 0 radical (unpaired) electrons. The summed E-state index contributed by atoms with van der Waals surface area (Å²) in [5.41, 5.74) is 7.56. The molecule has 1 aromatic carbocycles. The predicted octanol–water partition coefficient (Wildman–Crippen LogP) is 1.53. The molecule has 0 bridgehead atoms. The average Bonchev–Trinajstić information content (AvgIpc) is 3.67. The van der Waals surface area contributed by atoms with E-state index in [9.17, 15) is 24.3 Å². The predicted molar refractivity (Wildman–Crippen MR) is 145 cm³/mol. The average molecular weight is 572 g/mol. The number of methoxy groups -OCH3 is 1. The number of hydrogen-bond acceptors (Lipinski definition) is 9. The van der Waals surface area contributed by atoms with Crippen LogP contribution in [0.4, 0.5) is 10.7 Å². The van der Waals surface area contributed by atoms with Crippen LogP contribution in [-0.2, 0) is 27.4 Å². The second-order valence-electron chi connectivity index (χ2n) is 9.51. The van der Waals surface area contributed by atoms with Crippen molar-refractivity contribution in [1.82, 2.24) is 24.6 Å². The summed E-state index contributed by atoms with van der Waals surface area (Å²) in [5.74, 6) is -2.25. The number of carboxylic acid groups (broad SMARTS) is 1. The number of nitrogens with zero attached hydrogens (tertiary/aromatic N) is 4. The summed E-state index contributed by atoms with van der Waals surface area (Å²) in [6, 6.07) is 4.65. The first-order valence-electron chi connectivity index (χ1n) is 13.1. The molecule has 2 atom stereocenters. The van der Waals surface area contributed by atoms with Crippen molar-refractivity contribution in [3.63, 3.8) is 0 Å². The second kappa shape index (κ2) is 12.7. The van der Waals surface area contributed by atoms with Crippen molar-refractivity contribution in [2.24, 2.45) is 11.7 Å². The lowest BCUT2D eigenvalue weighted by molar-refractivity contribution is -0.149. The maximum Gasteiger partial charge on any atom is 0.407 e. The fourth-order valence-corrected chi connectivity index (χ4v) is 4.70. The molecule has 5 N–H and O–H groups in total. The molecule has 1 saturated heterocycles. The van der Waals surface area contributed by atoms with Gasteiger partial charge in [-0.25, -0.2) is 14.6 Å². The van der Waals surface area contributed by atoms with Crippen LogP contribution in [0.5, 0.6) is 5.75 Å². The molecule has 3 heterocycles. The van der Waals surface area contributed by atoms with Gasteiger partial charge < -0.3 is 34.9 Å². The highest BCUT2D eigenvalue weighted by Crippen LogP contribution is 2.31. The maximum atomic E-state index is 13.2. The van der Waals surface area contributed by atoms with Gasteiger partial charge in [-0.3, -0.25) is 19.6 Å². The Morgan fingerprint density at radius 1 is 1.27 bits per heavy atom. The van der Waals surface area contributed by atoms with Crippen molar-refractivity contribution in [2.75, 3.05) is 32.2 Å². The molecule has 0 aliphatic carbocycles. The smallest absolute Gasteiger partial charge is 0.407 e. The summed E-state index contributed by atoms with van der Waals surface area (Å²) in [6.45, 7) is 5.15. The molecular formula is C26H33N7O8. The van der Waals surface area contributed by atoms with Crippen LogP contribution >= 0.6 is 0 Å². The first-order valence-corrected chi connectivity index (χ1v) is 13.1. The molecule has 1 fully saturated rings. The molecule has 4 rings (SSSR count). The first kappa shape index (κ1) is 29.3. The number of aryl methyl sites for hydroxylation is 3. The Kier molecular flexibility index (Phi) is 9.07. The van der Waals surface area contributed by atoms with Gasteiger partial charge in [0.2, 0.25) is 18.0 Å². The number of benzene rings is 1. The van der Waals surface area contributed by atoms with Crippen molar-refractivity contribution < 1.29 is 38.5 Å².